The lowest BCUT2D eigenvalue weighted by molar-refractivity contribution is -0.136. The number of carboxylic acid groups (broad SMARTS) is 1. The smallest absolute Gasteiger partial charge is 0.307 e. The zero-order chi connectivity index (χ0) is 24.6. The predicted octanol–water partition coefficient (Wildman–Crippen LogP) is 6.39. The number of benzene rings is 3. The van der Waals surface area contributed by atoms with Gasteiger partial charge in [-0.2, -0.15) is 0 Å². The molecule has 6 heteroatoms. The highest BCUT2D eigenvalue weighted by Crippen LogP contribution is 2.25. The largest absolute Gasteiger partial charge is 0.489 e. The van der Waals surface area contributed by atoms with E-state index in [4.69, 9.17) is 13.9 Å². The zero-order valence-electron chi connectivity index (χ0n) is 20.0. The fraction of sp³-hybridized carbons (Fsp3) is 0.241. The molecule has 1 aromatic heterocycles. The molecule has 0 aliphatic heterocycles. The Bertz CT molecular complexity index is 1260. The quantitative estimate of drug-likeness (QED) is 0.273. The molecule has 0 spiro atoms. The van der Waals surface area contributed by atoms with Gasteiger partial charge in [-0.05, 0) is 54.8 Å². The van der Waals surface area contributed by atoms with Gasteiger partial charge in [0.15, 0.2) is 0 Å². The second kappa shape index (κ2) is 11.4. The Morgan fingerprint density at radius 2 is 1.69 bits per heavy atom. The summed E-state index contributed by atoms with van der Waals surface area (Å²) >= 11 is 0. The predicted molar refractivity (Wildman–Crippen MR) is 134 cm³/mol. The van der Waals surface area contributed by atoms with Crippen molar-refractivity contribution in [3.63, 3.8) is 0 Å². The molecule has 3 aromatic carbocycles. The molecule has 0 amide bonds. The van der Waals surface area contributed by atoms with E-state index >= 15 is 0 Å². The van der Waals surface area contributed by atoms with Gasteiger partial charge in [-0.25, -0.2) is 4.98 Å². The lowest BCUT2D eigenvalue weighted by Crippen LogP contribution is -2.05. The van der Waals surface area contributed by atoms with Crippen LogP contribution in [0, 0.1) is 6.92 Å². The number of oxazole rings is 1. The normalized spacial score (nSPS) is 10.8. The first-order chi connectivity index (χ1) is 17.0. The summed E-state index contributed by atoms with van der Waals surface area (Å²) in [7, 11) is 0. The van der Waals surface area contributed by atoms with Crippen LogP contribution in [-0.4, -0.2) is 16.1 Å². The van der Waals surface area contributed by atoms with Crippen molar-refractivity contribution in [2.24, 2.45) is 0 Å². The lowest BCUT2D eigenvalue weighted by Gasteiger charge is -2.13. The minimum Gasteiger partial charge on any atom is -0.489 e. The van der Waals surface area contributed by atoms with E-state index in [9.17, 15) is 9.90 Å². The van der Waals surface area contributed by atoms with E-state index < -0.39 is 5.97 Å². The molecular formula is C29H29NO5. The van der Waals surface area contributed by atoms with Crippen LogP contribution >= 0.6 is 0 Å². The molecule has 0 saturated heterocycles. The third-order valence-electron chi connectivity index (χ3n) is 5.61. The van der Waals surface area contributed by atoms with Crippen LogP contribution in [0.25, 0.3) is 11.5 Å². The lowest BCUT2D eigenvalue weighted by atomic mass is 10.0. The van der Waals surface area contributed by atoms with Crippen molar-refractivity contribution in [1.29, 1.82) is 0 Å². The minimum atomic E-state index is -0.872. The van der Waals surface area contributed by atoms with Crippen LogP contribution in [0.5, 0.6) is 11.5 Å². The minimum absolute atomic E-state index is 0.0624. The average Bonchev–Trinajstić information content (AvgIpc) is 3.24. The summed E-state index contributed by atoms with van der Waals surface area (Å²) in [5.74, 6) is 1.76. The molecule has 0 radical (unpaired) electrons. The maximum Gasteiger partial charge on any atom is 0.307 e. The molecule has 4 rings (SSSR count). The summed E-state index contributed by atoms with van der Waals surface area (Å²) in [5, 5.41) is 9.26. The number of nitrogens with zero attached hydrogens (tertiary/aromatic N) is 1. The van der Waals surface area contributed by atoms with Gasteiger partial charge in [0.2, 0.25) is 5.89 Å². The Balaban J connectivity index is 1.35. The van der Waals surface area contributed by atoms with Crippen LogP contribution in [-0.2, 0) is 30.8 Å². The fourth-order valence-electron chi connectivity index (χ4n) is 3.78. The van der Waals surface area contributed by atoms with Crippen LogP contribution < -0.4 is 9.47 Å². The van der Waals surface area contributed by atoms with E-state index in [1.165, 1.54) is 0 Å². The highest BCUT2D eigenvalue weighted by molar-refractivity contribution is 5.71. The molecule has 0 fully saturated rings. The molecule has 0 saturated carbocycles. The Hall–Kier alpha value is -4.06. The molecule has 0 atom stereocenters. The molecular weight excluding hydrogens is 442 g/mol. The van der Waals surface area contributed by atoms with E-state index in [0.29, 0.717) is 36.2 Å². The van der Waals surface area contributed by atoms with Crippen LogP contribution in [0.1, 0.15) is 41.5 Å². The third kappa shape index (κ3) is 6.51. The molecule has 1 N–H and O–H groups in total. The summed E-state index contributed by atoms with van der Waals surface area (Å²) in [6.45, 7) is 4.62. The number of aliphatic carboxylic acids is 1. The summed E-state index contributed by atoms with van der Waals surface area (Å²) < 4.78 is 17.7. The molecule has 0 aliphatic rings. The van der Waals surface area contributed by atoms with Gasteiger partial charge in [-0.1, -0.05) is 55.8 Å². The third-order valence-corrected chi connectivity index (χ3v) is 5.61. The number of aromatic nitrogens is 1. The summed E-state index contributed by atoms with van der Waals surface area (Å²) in [6.07, 6.45) is 1.86. The average molecular weight is 472 g/mol. The van der Waals surface area contributed by atoms with Gasteiger partial charge in [0.1, 0.15) is 36.2 Å². The number of aryl methyl sites for hydroxylation is 2. The van der Waals surface area contributed by atoms with Crippen LogP contribution in [0.3, 0.4) is 0 Å². The summed E-state index contributed by atoms with van der Waals surface area (Å²) in [6, 6.07) is 23.2. The van der Waals surface area contributed by atoms with Gasteiger partial charge in [0, 0.05) is 11.1 Å². The highest BCUT2D eigenvalue weighted by atomic mass is 16.5. The molecule has 0 unspecified atom stereocenters. The van der Waals surface area contributed by atoms with Gasteiger partial charge in [-0.15, -0.1) is 0 Å². The van der Waals surface area contributed by atoms with Gasteiger partial charge >= 0.3 is 5.97 Å². The van der Waals surface area contributed by atoms with E-state index in [-0.39, 0.29) is 6.42 Å². The zero-order valence-corrected chi connectivity index (χ0v) is 20.0. The number of carbonyl (C=O) groups is 1. The van der Waals surface area contributed by atoms with E-state index in [2.05, 4.69) is 11.9 Å². The molecule has 6 nitrogen and oxygen atoms in total. The number of rotatable bonds is 11. The Kier molecular flexibility index (Phi) is 7.83. The topological polar surface area (TPSA) is 81.8 Å². The first-order valence-electron chi connectivity index (χ1n) is 11.7. The first kappa shape index (κ1) is 24.1. The maximum absolute atomic E-state index is 11.3. The standard InChI is InChI=1S/C29H29NO5/c1-3-7-21-12-15-27(24(16-21)17-28(31)32)34-18-22-10-13-25(14-11-22)33-19-26-20(2)35-29(30-26)23-8-5-4-6-9-23/h4-6,8-16H,3,7,17-19H2,1-2H3,(H,31,32). The van der Waals surface area contributed by atoms with Crippen molar-refractivity contribution in [3.05, 3.63) is 101 Å². The Morgan fingerprint density at radius 3 is 2.40 bits per heavy atom. The number of hydrogen-bond acceptors (Lipinski definition) is 5. The summed E-state index contributed by atoms with van der Waals surface area (Å²) in [4.78, 5) is 15.8. The molecule has 180 valence electrons. The number of carboxylic acids is 1. The van der Waals surface area contributed by atoms with Crippen molar-refractivity contribution in [3.8, 4) is 23.0 Å². The van der Waals surface area contributed by atoms with Gasteiger partial charge < -0.3 is 19.0 Å². The second-order valence-corrected chi connectivity index (χ2v) is 8.37. The monoisotopic (exact) mass is 471 g/mol. The second-order valence-electron chi connectivity index (χ2n) is 8.37. The summed E-state index contributed by atoms with van der Waals surface area (Å²) in [5.41, 5.74) is 4.46. The van der Waals surface area contributed by atoms with Crippen molar-refractivity contribution in [2.45, 2.75) is 46.3 Å². The van der Waals surface area contributed by atoms with Crippen molar-refractivity contribution in [1.82, 2.24) is 4.98 Å². The SMILES string of the molecule is CCCc1ccc(OCc2ccc(OCc3nc(-c4ccccc4)oc3C)cc2)c(CC(=O)O)c1. The molecule has 4 aromatic rings. The number of ether oxygens (including phenoxy) is 2. The van der Waals surface area contributed by atoms with Crippen LogP contribution in [0.2, 0.25) is 0 Å². The fourth-order valence-corrected chi connectivity index (χ4v) is 3.78. The molecule has 0 aliphatic carbocycles. The first-order valence-corrected chi connectivity index (χ1v) is 11.7. The van der Waals surface area contributed by atoms with Crippen molar-refractivity contribution >= 4 is 5.97 Å². The van der Waals surface area contributed by atoms with Gasteiger partial charge in [-0.3, -0.25) is 4.79 Å². The van der Waals surface area contributed by atoms with Crippen molar-refractivity contribution in [2.75, 3.05) is 0 Å². The van der Waals surface area contributed by atoms with E-state index in [1.807, 2.05) is 79.7 Å². The van der Waals surface area contributed by atoms with E-state index in [0.717, 1.165) is 41.0 Å². The Morgan fingerprint density at radius 1 is 0.943 bits per heavy atom. The Labute approximate surface area is 205 Å². The molecule has 0 bridgehead atoms. The molecule has 1 heterocycles. The van der Waals surface area contributed by atoms with Crippen LogP contribution in [0.4, 0.5) is 0 Å². The number of hydrogen-bond donors (Lipinski definition) is 1. The van der Waals surface area contributed by atoms with Crippen molar-refractivity contribution < 1.29 is 23.8 Å². The maximum atomic E-state index is 11.3. The van der Waals surface area contributed by atoms with E-state index in [1.54, 1.807) is 0 Å². The van der Waals surface area contributed by atoms with Crippen LogP contribution in [0.15, 0.2) is 77.2 Å². The highest BCUT2D eigenvalue weighted by Gasteiger charge is 2.12. The van der Waals surface area contributed by atoms with Gasteiger partial charge in [0.05, 0.1) is 6.42 Å². The van der Waals surface area contributed by atoms with Gasteiger partial charge in [0.25, 0.3) is 0 Å². The molecule has 35 heavy (non-hydrogen) atoms.